The van der Waals surface area contributed by atoms with Gasteiger partial charge in [0.25, 0.3) is 0 Å². The molecule has 0 bridgehead atoms. The Morgan fingerprint density at radius 2 is 1.70 bits per heavy atom. The summed E-state index contributed by atoms with van der Waals surface area (Å²) in [6.45, 7) is 5.58. The van der Waals surface area contributed by atoms with E-state index in [0.717, 1.165) is 44.3 Å². The van der Waals surface area contributed by atoms with Crippen LogP contribution in [0.1, 0.15) is 37.7 Å². The normalized spacial score (nSPS) is 23.1. The third-order valence-corrected chi connectivity index (χ3v) is 7.75. The van der Waals surface area contributed by atoms with Gasteiger partial charge in [-0.2, -0.15) is 0 Å². The van der Waals surface area contributed by atoms with Gasteiger partial charge in [-0.25, -0.2) is 0 Å². The molecule has 0 amide bonds. The third-order valence-electron chi connectivity index (χ3n) is 7.20. The predicted octanol–water partition coefficient (Wildman–Crippen LogP) is 6.03. The van der Waals surface area contributed by atoms with E-state index in [9.17, 15) is 9.36 Å². The SMILES string of the molecule is C[P+](=O)OCCC/C=C/CC[C@H]1[C@@H](OCc2ccc(-c3ccccc3)cc2)CC(=O)[C@@H]1N1CCOCC1. The summed E-state index contributed by atoms with van der Waals surface area (Å²) >= 11 is 0. The predicted molar refractivity (Wildman–Crippen MR) is 147 cm³/mol. The highest BCUT2D eigenvalue weighted by Crippen LogP contribution is 2.35. The lowest BCUT2D eigenvalue weighted by atomic mass is 9.93. The number of benzene rings is 2. The van der Waals surface area contributed by atoms with Crippen molar-refractivity contribution in [2.45, 2.75) is 50.9 Å². The smallest absolute Gasteiger partial charge is 0.379 e. The van der Waals surface area contributed by atoms with Gasteiger partial charge in [-0.1, -0.05) is 66.7 Å². The van der Waals surface area contributed by atoms with Crippen molar-refractivity contribution in [2.75, 3.05) is 39.6 Å². The number of allylic oxidation sites excluding steroid dienone is 2. The monoisotopic (exact) mass is 524 g/mol. The van der Waals surface area contributed by atoms with Crippen molar-refractivity contribution in [3.8, 4) is 11.1 Å². The number of morpholine rings is 1. The van der Waals surface area contributed by atoms with Crippen LogP contribution < -0.4 is 0 Å². The number of ether oxygens (including phenoxy) is 2. The first-order valence-corrected chi connectivity index (χ1v) is 15.0. The molecule has 4 atom stereocenters. The van der Waals surface area contributed by atoms with E-state index in [1.807, 2.05) is 18.2 Å². The molecule has 37 heavy (non-hydrogen) atoms. The molecule has 7 heteroatoms. The Labute approximate surface area is 221 Å². The molecule has 1 saturated heterocycles. The van der Waals surface area contributed by atoms with Crippen LogP contribution in [0.5, 0.6) is 0 Å². The zero-order valence-electron chi connectivity index (χ0n) is 21.8. The number of nitrogens with zero attached hydrogens (tertiary/aromatic N) is 1. The zero-order valence-corrected chi connectivity index (χ0v) is 22.7. The van der Waals surface area contributed by atoms with Crippen molar-refractivity contribution < 1.29 is 23.4 Å². The summed E-state index contributed by atoms with van der Waals surface area (Å²) in [5.74, 6) is 0.470. The molecule has 2 aromatic carbocycles. The van der Waals surface area contributed by atoms with Gasteiger partial charge >= 0.3 is 8.03 Å². The molecule has 0 aromatic heterocycles. The topological polar surface area (TPSA) is 65.1 Å². The van der Waals surface area contributed by atoms with Crippen molar-refractivity contribution in [3.05, 3.63) is 72.3 Å². The van der Waals surface area contributed by atoms with Gasteiger partial charge in [0.15, 0.2) is 12.4 Å². The average molecular weight is 525 g/mol. The average Bonchev–Trinajstić information content (AvgIpc) is 3.24. The van der Waals surface area contributed by atoms with Gasteiger partial charge in [0.1, 0.15) is 6.61 Å². The van der Waals surface area contributed by atoms with Crippen LogP contribution in [0.4, 0.5) is 0 Å². The number of hydrogen-bond acceptors (Lipinski definition) is 6. The number of carbonyl (C=O) groups is 1. The van der Waals surface area contributed by atoms with Crippen molar-refractivity contribution in [1.29, 1.82) is 0 Å². The first kappa shape index (κ1) is 27.8. The van der Waals surface area contributed by atoms with E-state index < -0.39 is 8.03 Å². The van der Waals surface area contributed by atoms with Crippen LogP contribution >= 0.6 is 8.03 Å². The molecule has 2 aliphatic rings. The number of Topliss-reactive ketones (excluding diaryl/α,β-unsaturated/α-hetero) is 1. The van der Waals surface area contributed by atoms with Crippen molar-refractivity contribution in [1.82, 2.24) is 4.90 Å². The van der Waals surface area contributed by atoms with Gasteiger partial charge in [0.05, 0.1) is 32.0 Å². The fourth-order valence-electron chi connectivity index (χ4n) is 5.31. The Morgan fingerprint density at radius 1 is 1.00 bits per heavy atom. The molecule has 1 aliphatic heterocycles. The molecule has 4 rings (SSSR count). The second-order valence-electron chi connectivity index (χ2n) is 9.80. The molecule has 1 saturated carbocycles. The minimum Gasteiger partial charge on any atom is -0.379 e. The number of carbonyl (C=O) groups excluding carboxylic acids is 1. The largest absolute Gasteiger partial charge is 0.504 e. The van der Waals surface area contributed by atoms with Crippen LogP contribution in [0, 0.1) is 5.92 Å². The van der Waals surface area contributed by atoms with E-state index in [4.69, 9.17) is 14.0 Å². The maximum Gasteiger partial charge on any atom is 0.504 e. The number of ketones is 1. The van der Waals surface area contributed by atoms with Crippen molar-refractivity contribution in [3.63, 3.8) is 0 Å². The highest BCUT2D eigenvalue weighted by Gasteiger charge is 2.45. The zero-order chi connectivity index (χ0) is 25.9. The molecule has 1 unspecified atom stereocenters. The van der Waals surface area contributed by atoms with Gasteiger partial charge in [-0.05, 0) is 46.9 Å². The van der Waals surface area contributed by atoms with Gasteiger partial charge in [0.2, 0.25) is 0 Å². The molecule has 2 aromatic rings. The Hall–Kier alpha value is -2.21. The third kappa shape index (κ3) is 8.39. The van der Waals surface area contributed by atoms with Crippen LogP contribution in [0.2, 0.25) is 0 Å². The molecular formula is C30H39NO5P+. The fraction of sp³-hybridized carbons (Fsp3) is 0.500. The summed E-state index contributed by atoms with van der Waals surface area (Å²) in [6.07, 6.45) is 8.35. The van der Waals surface area contributed by atoms with Gasteiger partial charge in [-0.3, -0.25) is 9.69 Å². The quantitative estimate of drug-likeness (QED) is 0.181. The number of rotatable bonds is 13. The molecule has 1 aliphatic carbocycles. The van der Waals surface area contributed by atoms with E-state index in [1.54, 1.807) is 6.66 Å². The van der Waals surface area contributed by atoms with Crippen molar-refractivity contribution in [2.24, 2.45) is 5.92 Å². The van der Waals surface area contributed by atoms with Gasteiger partial charge in [0, 0.05) is 25.4 Å². The Balaban J connectivity index is 1.34. The van der Waals surface area contributed by atoms with Crippen LogP contribution in [-0.2, 0) is 30.0 Å². The maximum absolute atomic E-state index is 13.2. The van der Waals surface area contributed by atoms with Crippen LogP contribution in [0.3, 0.4) is 0 Å². The summed E-state index contributed by atoms with van der Waals surface area (Å²) in [5.41, 5.74) is 3.51. The molecular weight excluding hydrogens is 485 g/mol. The Bertz CT molecular complexity index is 1020. The van der Waals surface area contributed by atoms with Crippen LogP contribution in [-0.4, -0.2) is 62.4 Å². The summed E-state index contributed by atoms with van der Waals surface area (Å²) in [4.78, 5) is 15.5. The lowest BCUT2D eigenvalue weighted by molar-refractivity contribution is -0.124. The molecule has 2 fully saturated rings. The van der Waals surface area contributed by atoms with Crippen LogP contribution in [0.15, 0.2) is 66.7 Å². The molecule has 6 nitrogen and oxygen atoms in total. The molecule has 0 radical (unpaired) electrons. The maximum atomic E-state index is 13.2. The standard InChI is InChI=1S/C30H39NO5P/c1-37(33)36-19-9-4-2-3-8-12-27-29(22-28(32)30(27)31-17-20-34-21-18-31)35-23-24-13-15-26(16-14-24)25-10-6-5-7-11-25/h2-3,5-7,10-11,13-16,27,29-30H,4,8-9,12,17-23H2,1H3/q+1/b3-2+/t27-,29-,30+/m0/s1. The van der Waals surface area contributed by atoms with Gasteiger partial charge < -0.3 is 9.47 Å². The Kier molecular flexibility index (Phi) is 11.0. The molecule has 0 N–H and O–H groups in total. The first-order chi connectivity index (χ1) is 18.1. The van der Waals surface area contributed by atoms with E-state index in [0.29, 0.717) is 38.6 Å². The lowest BCUT2D eigenvalue weighted by Crippen LogP contribution is -2.49. The van der Waals surface area contributed by atoms with E-state index >= 15 is 0 Å². The summed E-state index contributed by atoms with van der Waals surface area (Å²) in [6, 6.07) is 18.8. The lowest BCUT2D eigenvalue weighted by Gasteiger charge is -2.35. The second kappa shape index (κ2) is 14.7. The number of unbranched alkanes of at least 4 members (excludes halogenated alkanes) is 1. The molecule has 0 spiro atoms. The second-order valence-corrected chi connectivity index (χ2v) is 10.9. The fourth-order valence-corrected chi connectivity index (χ4v) is 5.70. The summed E-state index contributed by atoms with van der Waals surface area (Å²) < 4.78 is 28.1. The summed E-state index contributed by atoms with van der Waals surface area (Å²) in [7, 11) is -1.52. The number of hydrogen-bond donors (Lipinski definition) is 0. The van der Waals surface area contributed by atoms with E-state index in [-0.39, 0.29) is 18.1 Å². The van der Waals surface area contributed by atoms with Crippen LogP contribution in [0.25, 0.3) is 11.1 Å². The Morgan fingerprint density at radius 3 is 2.43 bits per heavy atom. The molecule has 198 valence electrons. The first-order valence-electron chi connectivity index (χ1n) is 13.4. The van der Waals surface area contributed by atoms with E-state index in [2.05, 4.69) is 53.5 Å². The van der Waals surface area contributed by atoms with Gasteiger partial charge in [-0.15, -0.1) is 4.52 Å². The summed E-state index contributed by atoms with van der Waals surface area (Å²) in [5, 5.41) is 0. The highest BCUT2D eigenvalue weighted by molar-refractivity contribution is 7.38. The molecule has 1 heterocycles. The highest BCUT2D eigenvalue weighted by atomic mass is 31.1. The van der Waals surface area contributed by atoms with E-state index in [1.165, 1.54) is 11.1 Å². The van der Waals surface area contributed by atoms with Crippen molar-refractivity contribution >= 4 is 13.8 Å². The minimum atomic E-state index is -1.52. The minimum absolute atomic E-state index is 0.0724.